The Labute approximate surface area is 114 Å². The average Bonchev–Trinajstić information content (AvgIpc) is 2.97. The number of nitrogens with one attached hydrogen (secondary N) is 2. The molecule has 1 amide bonds. The first-order valence-corrected chi connectivity index (χ1v) is 7.47. The lowest BCUT2D eigenvalue weighted by Gasteiger charge is -2.27. The smallest absolute Gasteiger partial charge is 0.240 e. The Morgan fingerprint density at radius 3 is 2.88 bits per heavy atom. The molecule has 2 aliphatic rings. The Balaban J connectivity index is 0.00000144. The van der Waals surface area contributed by atoms with E-state index >= 15 is 0 Å². The van der Waals surface area contributed by atoms with E-state index < -0.39 is 0 Å². The summed E-state index contributed by atoms with van der Waals surface area (Å²) < 4.78 is 0. The summed E-state index contributed by atoms with van der Waals surface area (Å²) in [6.07, 6.45) is 5.59. The molecule has 2 heterocycles. The molecule has 3 nitrogen and oxygen atoms in total. The maximum absolute atomic E-state index is 12.2. The molecule has 0 saturated carbocycles. The second-order valence-electron chi connectivity index (χ2n) is 4.81. The largest absolute Gasteiger partial charge is 0.353 e. The van der Waals surface area contributed by atoms with E-state index in [1.165, 1.54) is 18.6 Å². The molecule has 0 aromatic rings. The summed E-state index contributed by atoms with van der Waals surface area (Å²) in [4.78, 5) is 12.2. The number of hydrogen-bond donors (Lipinski definition) is 2. The highest BCUT2D eigenvalue weighted by molar-refractivity contribution is 8.00. The molecule has 0 bridgehead atoms. The first-order valence-electron chi connectivity index (χ1n) is 6.42. The average molecular weight is 279 g/mol. The molecule has 0 aromatic carbocycles. The van der Waals surface area contributed by atoms with Crippen molar-refractivity contribution < 1.29 is 4.79 Å². The van der Waals surface area contributed by atoms with Crippen molar-refractivity contribution in [3.63, 3.8) is 0 Å². The third-order valence-corrected chi connectivity index (χ3v) is 5.19. The van der Waals surface area contributed by atoms with Crippen molar-refractivity contribution in [2.45, 2.75) is 49.8 Å². The van der Waals surface area contributed by atoms with E-state index in [4.69, 9.17) is 0 Å². The molecule has 2 atom stereocenters. The SMILES string of the molecule is CCC1(C(=O)NCC2CCCS2)CCCN1.Cl. The summed E-state index contributed by atoms with van der Waals surface area (Å²) in [7, 11) is 0. The highest BCUT2D eigenvalue weighted by Crippen LogP contribution is 2.26. The molecule has 2 saturated heterocycles. The first kappa shape index (κ1) is 15.1. The van der Waals surface area contributed by atoms with Crippen LogP contribution in [0.1, 0.15) is 39.0 Å². The third-order valence-electron chi connectivity index (χ3n) is 3.80. The van der Waals surface area contributed by atoms with Crippen LogP contribution < -0.4 is 10.6 Å². The predicted molar refractivity (Wildman–Crippen MR) is 76.0 cm³/mol. The number of thioether (sulfide) groups is 1. The predicted octanol–water partition coefficient (Wildman–Crippen LogP) is 1.95. The van der Waals surface area contributed by atoms with Crippen LogP contribution >= 0.6 is 24.2 Å². The highest BCUT2D eigenvalue weighted by atomic mass is 35.5. The Morgan fingerprint density at radius 1 is 1.53 bits per heavy atom. The standard InChI is InChI=1S/C12H22N2OS.ClH/c1-2-12(6-4-7-14-12)11(15)13-9-10-5-3-8-16-10;/h10,14H,2-9H2,1H3,(H,13,15);1H. The molecule has 2 fully saturated rings. The Morgan fingerprint density at radius 2 is 2.35 bits per heavy atom. The zero-order valence-electron chi connectivity index (χ0n) is 10.5. The Kier molecular flexibility index (Phi) is 6.10. The van der Waals surface area contributed by atoms with E-state index in [2.05, 4.69) is 17.6 Å². The number of rotatable bonds is 4. The molecule has 2 N–H and O–H groups in total. The van der Waals surface area contributed by atoms with Crippen LogP contribution in [-0.4, -0.2) is 35.5 Å². The van der Waals surface area contributed by atoms with Crippen LogP contribution in [0.4, 0.5) is 0 Å². The van der Waals surface area contributed by atoms with E-state index in [1.54, 1.807) is 0 Å². The van der Waals surface area contributed by atoms with E-state index in [1.807, 2.05) is 11.8 Å². The van der Waals surface area contributed by atoms with Crippen LogP contribution in [0.15, 0.2) is 0 Å². The van der Waals surface area contributed by atoms with Gasteiger partial charge in [0.2, 0.25) is 5.91 Å². The maximum atomic E-state index is 12.2. The van der Waals surface area contributed by atoms with Gasteiger partial charge in [0.05, 0.1) is 5.54 Å². The zero-order valence-corrected chi connectivity index (χ0v) is 12.1. The molecule has 2 aliphatic heterocycles. The highest BCUT2D eigenvalue weighted by Gasteiger charge is 2.39. The van der Waals surface area contributed by atoms with Gasteiger partial charge in [0.15, 0.2) is 0 Å². The van der Waals surface area contributed by atoms with Gasteiger partial charge in [-0.2, -0.15) is 11.8 Å². The van der Waals surface area contributed by atoms with Crippen molar-refractivity contribution in [1.29, 1.82) is 0 Å². The van der Waals surface area contributed by atoms with Crippen LogP contribution in [-0.2, 0) is 4.79 Å². The lowest BCUT2D eigenvalue weighted by molar-refractivity contribution is -0.127. The summed E-state index contributed by atoms with van der Waals surface area (Å²) in [5.74, 6) is 1.48. The van der Waals surface area contributed by atoms with Crippen molar-refractivity contribution in [2.75, 3.05) is 18.8 Å². The fraction of sp³-hybridized carbons (Fsp3) is 0.917. The van der Waals surface area contributed by atoms with E-state index in [0.29, 0.717) is 5.25 Å². The van der Waals surface area contributed by atoms with Crippen molar-refractivity contribution in [3.05, 3.63) is 0 Å². The molecule has 0 aromatic heterocycles. The lowest BCUT2D eigenvalue weighted by Crippen LogP contribution is -2.53. The quantitative estimate of drug-likeness (QED) is 0.826. The van der Waals surface area contributed by atoms with Crippen LogP contribution in [0.3, 0.4) is 0 Å². The zero-order chi connectivity index (χ0) is 11.4. The van der Waals surface area contributed by atoms with Crippen molar-refractivity contribution in [1.82, 2.24) is 10.6 Å². The van der Waals surface area contributed by atoms with Gasteiger partial charge in [-0.05, 0) is 44.4 Å². The van der Waals surface area contributed by atoms with Crippen molar-refractivity contribution in [2.24, 2.45) is 0 Å². The van der Waals surface area contributed by atoms with Crippen LogP contribution in [0.5, 0.6) is 0 Å². The monoisotopic (exact) mass is 278 g/mol. The molecule has 2 unspecified atom stereocenters. The van der Waals surface area contributed by atoms with Crippen LogP contribution in [0.25, 0.3) is 0 Å². The number of carbonyl (C=O) groups is 1. The topological polar surface area (TPSA) is 41.1 Å². The Bertz CT molecular complexity index is 251. The maximum Gasteiger partial charge on any atom is 0.240 e. The molecular formula is C12H23ClN2OS. The molecule has 2 rings (SSSR count). The fourth-order valence-electron chi connectivity index (χ4n) is 2.64. The van der Waals surface area contributed by atoms with E-state index in [-0.39, 0.29) is 23.9 Å². The summed E-state index contributed by atoms with van der Waals surface area (Å²) in [5, 5.41) is 7.16. The summed E-state index contributed by atoms with van der Waals surface area (Å²) in [6, 6.07) is 0. The number of carbonyl (C=O) groups excluding carboxylic acids is 1. The second-order valence-corrected chi connectivity index (χ2v) is 6.22. The normalized spacial score (nSPS) is 32.2. The summed E-state index contributed by atoms with van der Waals surface area (Å²) >= 11 is 2.00. The molecule has 5 heteroatoms. The fourth-order valence-corrected chi connectivity index (χ4v) is 3.84. The molecule has 17 heavy (non-hydrogen) atoms. The summed E-state index contributed by atoms with van der Waals surface area (Å²) in [5.41, 5.74) is -0.261. The molecule has 100 valence electrons. The minimum absolute atomic E-state index is 0. The van der Waals surface area contributed by atoms with E-state index in [0.717, 1.165) is 32.4 Å². The van der Waals surface area contributed by atoms with Gasteiger partial charge in [0, 0.05) is 11.8 Å². The molecule has 0 radical (unpaired) electrons. The van der Waals surface area contributed by atoms with Gasteiger partial charge < -0.3 is 10.6 Å². The third kappa shape index (κ3) is 3.52. The number of amides is 1. The first-order chi connectivity index (χ1) is 7.77. The van der Waals surface area contributed by atoms with Gasteiger partial charge in [-0.15, -0.1) is 12.4 Å². The van der Waals surface area contributed by atoms with Gasteiger partial charge >= 0.3 is 0 Å². The van der Waals surface area contributed by atoms with Gasteiger partial charge in [0.25, 0.3) is 0 Å². The Hall–Kier alpha value is 0.0700. The number of hydrogen-bond acceptors (Lipinski definition) is 3. The van der Waals surface area contributed by atoms with Gasteiger partial charge in [-0.1, -0.05) is 6.92 Å². The minimum atomic E-state index is -0.261. The van der Waals surface area contributed by atoms with Crippen molar-refractivity contribution in [3.8, 4) is 0 Å². The molecule has 0 aliphatic carbocycles. The van der Waals surface area contributed by atoms with Crippen LogP contribution in [0.2, 0.25) is 0 Å². The second kappa shape index (κ2) is 6.86. The lowest BCUT2D eigenvalue weighted by atomic mass is 9.93. The molecular weight excluding hydrogens is 256 g/mol. The number of halogens is 1. The van der Waals surface area contributed by atoms with Crippen LogP contribution in [0, 0.1) is 0 Å². The van der Waals surface area contributed by atoms with Crippen molar-refractivity contribution >= 4 is 30.1 Å². The van der Waals surface area contributed by atoms with Gasteiger partial charge in [0.1, 0.15) is 0 Å². The van der Waals surface area contributed by atoms with E-state index in [9.17, 15) is 4.79 Å². The molecule has 0 spiro atoms. The van der Waals surface area contributed by atoms with Gasteiger partial charge in [-0.3, -0.25) is 4.79 Å². The minimum Gasteiger partial charge on any atom is -0.353 e. The van der Waals surface area contributed by atoms with Gasteiger partial charge in [-0.25, -0.2) is 0 Å². The summed E-state index contributed by atoms with van der Waals surface area (Å²) in [6.45, 7) is 3.94.